The molecule has 3 aromatic rings. The highest BCUT2D eigenvalue weighted by Crippen LogP contribution is 2.27. The smallest absolute Gasteiger partial charge is 0.236 e. The third kappa shape index (κ3) is 3.86. The number of hydrogen-bond acceptors (Lipinski definition) is 4. The minimum absolute atomic E-state index is 0.0972. The molecule has 1 N–H and O–H groups in total. The van der Waals surface area contributed by atoms with Crippen LogP contribution in [-0.4, -0.2) is 16.6 Å². The lowest BCUT2D eigenvalue weighted by Gasteiger charge is -2.02. The lowest BCUT2D eigenvalue weighted by Crippen LogP contribution is -2.13. The molecule has 0 bridgehead atoms. The Balaban J connectivity index is 1.62. The standard InChI is InChI=1S/C16H12F2N2OS2/c1-9-2-5-13-14(6-9)23-16(19-13)20-15(21)8-22-10-3-4-11(17)12(18)7-10/h2-7H,8H2,1H3,(H,19,20,21). The first-order chi connectivity index (χ1) is 11.0. The second kappa shape index (κ2) is 6.64. The second-order valence-corrected chi connectivity index (χ2v) is 6.98. The van der Waals surface area contributed by atoms with Gasteiger partial charge in [0.05, 0.1) is 16.0 Å². The lowest BCUT2D eigenvalue weighted by atomic mass is 10.2. The molecule has 0 aliphatic rings. The summed E-state index contributed by atoms with van der Waals surface area (Å²) in [4.78, 5) is 16.8. The van der Waals surface area contributed by atoms with Crippen molar-refractivity contribution >= 4 is 44.4 Å². The van der Waals surface area contributed by atoms with E-state index in [2.05, 4.69) is 10.3 Å². The van der Waals surface area contributed by atoms with Crippen molar-refractivity contribution in [2.45, 2.75) is 11.8 Å². The first kappa shape index (κ1) is 15.9. The summed E-state index contributed by atoms with van der Waals surface area (Å²) in [5.74, 6) is -1.96. The van der Waals surface area contributed by atoms with Crippen LogP contribution < -0.4 is 5.32 Å². The van der Waals surface area contributed by atoms with Crippen LogP contribution in [-0.2, 0) is 4.79 Å². The molecule has 0 aliphatic heterocycles. The van der Waals surface area contributed by atoms with Gasteiger partial charge < -0.3 is 5.32 Å². The predicted octanol–water partition coefficient (Wildman–Crippen LogP) is 4.61. The number of fused-ring (bicyclic) bond motifs is 1. The molecule has 3 rings (SSSR count). The first-order valence-electron chi connectivity index (χ1n) is 6.76. The van der Waals surface area contributed by atoms with Gasteiger partial charge in [0, 0.05) is 4.90 Å². The third-order valence-corrected chi connectivity index (χ3v) is 4.98. The molecule has 118 valence electrons. The Hall–Kier alpha value is -1.99. The van der Waals surface area contributed by atoms with Crippen LogP contribution in [0.2, 0.25) is 0 Å². The van der Waals surface area contributed by atoms with Gasteiger partial charge in [-0.15, -0.1) is 11.8 Å². The normalized spacial score (nSPS) is 10.9. The van der Waals surface area contributed by atoms with Gasteiger partial charge >= 0.3 is 0 Å². The minimum atomic E-state index is -0.919. The number of nitrogens with one attached hydrogen (secondary N) is 1. The van der Waals surface area contributed by atoms with Gasteiger partial charge in [-0.2, -0.15) is 0 Å². The van der Waals surface area contributed by atoms with Gasteiger partial charge in [0.25, 0.3) is 0 Å². The summed E-state index contributed by atoms with van der Waals surface area (Å²) in [5, 5.41) is 3.26. The SMILES string of the molecule is Cc1ccc2nc(NC(=O)CSc3ccc(F)c(F)c3)sc2c1. The number of halogens is 2. The number of anilines is 1. The van der Waals surface area contributed by atoms with E-state index in [-0.39, 0.29) is 11.7 Å². The molecule has 0 fully saturated rings. The van der Waals surface area contributed by atoms with Crippen molar-refractivity contribution < 1.29 is 13.6 Å². The van der Waals surface area contributed by atoms with Crippen molar-refractivity contribution in [3.8, 4) is 0 Å². The van der Waals surface area contributed by atoms with Crippen LogP contribution in [0.5, 0.6) is 0 Å². The molecule has 0 saturated heterocycles. The zero-order chi connectivity index (χ0) is 16.4. The van der Waals surface area contributed by atoms with E-state index in [9.17, 15) is 13.6 Å². The molecule has 0 unspecified atom stereocenters. The molecule has 7 heteroatoms. The van der Waals surface area contributed by atoms with Gasteiger partial charge in [0.1, 0.15) is 0 Å². The summed E-state index contributed by atoms with van der Waals surface area (Å²) in [5.41, 5.74) is 1.97. The van der Waals surface area contributed by atoms with E-state index in [1.807, 2.05) is 25.1 Å². The number of amides is 1. The van der Waals surface area contributed by atoms with E-state index in [1.54, 1.807) is 0 Å². The highest BCUT2D eigenvalue weighted by molar-refractivity contribution is 8.00. The van der Waals surface area contributed by atoms with Crippen molar-refractivity contribution in [3.05, 3.63) is 53.6 Å². The zero-order valence-corrected chi connectivity index (χ0v) is 13.7. The number of aromatic nitrogens is 1. The zero-order valence-electron chi connectivity index (χ0n) is 12.1. The number of thioether (sulfide) groups is 1. The summed E-state index contributed by atoms with van der Waals surface area (Å²) in [6.45, 7) is 2.00. The predicted molar refractivity (Wildman–Crippen MR) is 90.1 cm³/mol. The van der Waals surface area contributed by atoms with Crippen molar-refractivity contribution in [1.82, 2.24) is 4.98 Å². The fourth-order valence-corrected chi connectivity index (χ4v) is 3.66. The Morgan fingerprint density at radius 2 is 2.04 bits per heavy atom. The van der Waals surface area contributed by atoms with E-state index < -0.39 is 11.6 Å². The molecule has 0 saturated carbocycles. The molecule has 2 aromatic carbocycles. The highest BCUT2D eigenvalue weighted by Gasteiger charge is 2.09. The van der Waals surface area contributed by atoms with Crippen LogP contribution >= 0.6 is 23.1 Å². The maximum absolute atomic E-state index is 13.1. The van der Waals surface area contributed by atoms with Gasteiger partial charge in [-0.25, -0.2) is 13.8 Å². The van der Waals surface area contributed by atoms with Gasteiger partial charge in [0.2, 0.25) is 5.91 Å². The Morgan fingerprint density at radius 3 is 2.83 bits per heavy atom. The highest BCUT2D eigenvalue weighted by atomic mass is 32.2. The summed E-state index contributed by atoms with van der Waals surface area (Å²) in [6.07, 6.45) is 0. The average molecular weight is 350 g/mol. The molecule has 1 heterocycles. The van der Waals surface area contributed by atoms with Crippen LogP contribution in [0.4, 0.5) is 13.9 Å². The fraction of sp³-hybridized carbons (Fsp3) is 0.125. The molecular formula is C16H12F2N2OS2. The molecule has 3 nitrogen and oxygen atoms in total. The van der Waals surface area contributed by atoms with E-state index in [0.29, 0.717) is 10.0 Å². The number of benzene rings is 2. The number of nitrogens with zero attached hydrogens (tertiary/aromatic N) is 1. The van der Waals surface area contributed by atoms with Gasteiger partial charge in [-0.1, -0.05) is 17.4 Å². The molecule has 0 aliphatic carbocycles. The summed E-state index contributed by atoms with van der Waals surface area (Å²) in [7, 11) is 0. The summed E-state index contributed by atoms with van der Waals surface area (Å²) < 4.78 is 27.0. The maximum atomic E-state index is 13.1. The van der Waals surface area contributed by atoms with Gasteiger partial charge in [0.15, 0.2) is 16.8 Å². The topological polar surface area (TPSA) is 42.0 Å². The van der Waals surface area contributed by atoms with Crippen molar-refractivity contribution in [2.75, 3.05) is 11.1 Å². The first-order valence-corrected chi connectivity index (χ1v) is 8.56. The van der Waals surface area contributed by atoms with Crippen molar-refractivity contribution in [1.29, 1.82) is 0 Å². The number of thiazole rings is 1. The molecule has 23 heavy (non-hydrogen) atoms. The van der Waals surface area contributed by atoms with E-state index in [0.717, 1.165) is 39.7 Å². The third-order valence-electron chi connectivity index (χ3n) is 3.05. The molecule has 0 spiro atoms. The molecule has 1 amide bonds. The van der Waals surface area contributed by atoms with Crippen LogP contribution in [0.25, 0.3) is 10.2 Å². The summed E-state index contributed by atoms with van der Waals surface area (Å²) in [6, 6.07) is 9.45. The van der Waals surface area contributed by atoms with E-state index >= 15 is 0 Å². The van der Waals surface area contributed by atoms with Crippen molar-refractivity contribution in [3.63, 3.8) is 0 Å². The van der Waals surface area contributed by atoms with Crippen LogP contribution in [0, 0.1) is 18.6 Å². The second-order valence-electron chi connectivity index (χ2n) is 4.90. The van der Waals surface area contributed by atoms with Crippen LogP contribution in [0.15, 0.2) is 41.3 Å². The van der Waals surface area contributed by atoms with E-state index in [1.165, 1.54) is 17.4 Å². The number of carbonyl (C=O) groups is 1. The van der Waals surface area contributed by atoms with Crippen LogP contribution in [0.3, 0.4) is 0 Å². The van der Waals surface area contributed by atoms with Gasteiger partial charge in [-0.3, -0.25) is 4.79 Å². The average Bonchev–Trinajstić information content (AvgIpc) is 2.89. The molecule has 0 radical (unpaired) electrons. The monoisotopic (exact) mass is 350 g/mol. The Labute approximate surface area is 139 Å². The fourth-order valence-electron chi connectivity index (χ4n) is 1.96. The lowest BCUT2D eigenvalue weighted by molar-refractivity contribution is -0.113. The maximum Gasteiger partial charge on any atom is 0.236 e. The molecule has 0 atom stereocenters. The molecule has 1 aromatic heterocycles. The number of hydrogen-bond donors (Lipinski definition) is 1. The quantitative estimate of drug-likeness (QED) is 0.699. The minimum Gasteiger partial charge on any atom is -0.301 e. The largest absolute Gasteiger partial charge is 0.301 e. The number of carbonyl (C=O) groups excluding carboxylic acids is 1. The van der Waals surface area contributed by atoms with Crippen LogP contribution in [0.1, 0.15) is 5.56 Å². The van der Waals surface area contributed by atoms with E-state index in [4.69, 9.17) is 0 Å². The van der Waals surface area contributed by atoms with Gasteiger partial charge in [-0.05, 0) is 42.8 Å². The Kier molecular flexibility index (Phi) is 4.58. The number of aryl methyl sites for hydroxylation is 1. The Bertz CT molecular complexity index is 880. The van der Waals surface area contributed by atoms with Crippen molar-refractivity contribution in [2.24, 2.45) is 0 Å². The Morgan fingerprint density at radius 1 is 1.22 bits per heavy atom. The summed E-state index contributed by atoms with van der Waals surface area (Å²) >= 11 is 2.54. The molecular weight excluding hydrogens is 338 g/mol. The number of rotatable bonds is 4.